The fourth-order valence-electron chi connectivity index (χ4n) is 1.80. The number of aryl methyl sites for hydroxylation is 1. The van der Waals surface area contributed by atoms with E-state index in [0.29, 0.717) is 10.3 Å². The minimum atomic E-state index is -0.461. The number of halogens is 1. The molecule has 1 heterocycles. The molecule has 1 aromatic heterocycles. The summed E-state index contributed by atoms with van der Waals surface area (Å²) in [5.74, 6) is 0.628. The van der Waals surface area contributed by atoms with Crippen LogP contribution in [-0.4, -0.2) is 16.5 Å². The number of hydrogen-bond acceptors (Lipinski definition) is 4. The molecular weight excluding hydrogens is 322 g/mol. The van der Waals surface area contributed by atoms with Crippen molar-refractivity contribution in [2.24, 2.45) is 0 Å². The molecule has 2 aromatic rings. The van der Waals surface area contributed by atoms with Crippen LogP contribution in [0.3, 0.4) is 0 Å². The third kappa shape index (κ3) is 4.03. The zero-order valence-corrected chi connectivity index (χ0v) is 12.3. The van der Waals surface area contributed by atoms with Gasteiger partial charge in [-0.1, -0.05) is 30.3 Å². The molecule has 0 saturated heterocycles. The molecule has 0 radical (unpaired) electrons. The van der Waals surface area contributed by atoms with Crippen molar-refractivity contribution in [3.05, 3.63) is 62.7 Å². The van der Waals surface area contributed by atoms with Crippen LogP contribution in [0.25, 0.3) is 0 Å². The van der Waals surface area contributed by atoms with Gasteiger partial charge in [0.05, 0.1) is 9.40 Å². The van der Waals surface area contributed by atoms with E-state index in [1.807, 2.05) is 18.2 Å². The summed E-state index contributed by atoms with van der Waals surface area (Å²) in [5.41, 5.74) is 1.27. The van der Waals surface area contributed by atoms with E-state index in [-0.39, 0.29) is 5.69 Å². The number of nitro groups is 1. The van der Waals surface area contributed by atoms with E-state index >= 15 is 0 Å². The van der Waals surface area contributed by atoms with E-state index in [2.05, 4.69) is 38.4 Å². The fourth-order valence-corrected chi connectivity index (χ4v) is 2.28. The number of benzene rings is 1. The van der Waals surface area contributed by atoms with Gasteiger partial charge in [0.25, 0.3) is 5.69 Å². The maximum atomic E-state index is 10.6. The summed E-state index contributed by atoms with van der Waals surface area (Å²) >= 11 is 3.28. The van der Waals surface area contributed by atoms with Crippen molar-refractivity contribution >= 4 is 27.4 Å². The van der Waals surface area contributed by atoms with Crippen molar-refractivity contribution in [3.8, 4) is 0 Å². The Balaban J connectivity index is 1.84. The lowest BCUT2D eigenvalue weighted by Gasteiger charge is -2.07. The van der Waals surface area contributed by atoms with Gasteiger partial charge in [0.15, 0.2) is 0 Å². The molecule has 0 unspecified atom stereocenters. The normalized spacial score (nSPS) is 10.2. The number of anilines is 1. The standard InChI is InChI=1S/C14H14BrN3O2/c15-13-9-12(18(19)20)10-17-14(13)16-8-4-7-11-5-2-1-3-6-11/h1-3,5-6,9-10H,4,7-8H2,(H,16,17). The molecule has 0 amide bonds. The maximum absolute atomic E-state index is 10.6. The molecule has 0 spiro atoms. The van der Waals surface area contributed by atoms with Gasteiger partial charge in [0.2, 0.25) is 0 Å². The summed E-state index contributed by atoms with van der Waals surface area (Å²) < 4.78 is 0.603. The van der Waals surface area contributed by atoms with Crippen LogP contribution in [0, 0.1) is 10.1 Å². The lowest BCUT2D eigenvalue weighted by Crippen LogP contribution is -2.05. The van der Waals surface area contributed by atoms with E-state index in [1.54, 1.807) is 0 Å². The SMILES string of the molecule is O=[N+]([O-])c1cnc(NCCCc2ccccc2)c(Br)c1. The zero-order valence-electron chi connectivity index (χ0n) is 10.8. The van der Waals surface area contributed by atoms with E-state index in [4.69, 9.17) is 0 Å². The molecule has 20 heavy (non-hydrogen) atoms. The van der Waals surface area contributed by atoms with Gasteiger partial charge in [-0.3, -0.25) is 10.1 Å². The van der Waals surface area contributed by atoms with Gasteiger partial charge >= 0.3 is 0 Å². The molecule has 0 bridgehead atoms. The molecule has 0 atom stereocenters. The fraction of sp³-hybridized carbons (Fsp3) is 0.214. The summed E-state index contributed by atoms with van der Waals surface area (Å²) in [6.07, 6.45) is 3.21. The van der Waals surface area contributed by atoms with Gasteiger partial charge in [-0.25, -0.2) is 4.98 Å². The van der Waals surface area contributed by atoms with Crippen molar-refractivity contribution in [2.45, 2.75) is 12.8 Å². The third-order valence-corrected chi connectivity index (χ3v) is 3.42. The average molecular weight is 336 g/mol. The summed E-state index contributed by atoms with van der Waals surface area (Å²) in [6.45, 7) is 0.762. The maximum Gasteiger partial charge on any atom is 0.288 e. The number of pyridine rings is 1. The second kappa shape index (κ2) is 7.00. The molecule has 0 aliphatic rings. The largest absolute Gasteiger partial charge is 0.369 e. The zero-order chi connectivity index (χ0) is 14.4. The van der Waals surface area contributed by atoms with Gasteiger partial charge in [-0.05, 0) is 34.3 Å². The first-order valence-electron chi connectivity index (χ1n) is 6.24. The molecule has 1 aromatic carbocycles. The number of rotatable bonds is 6. The van der Waals surface area contributed by atoms with Gasteiger partial charge in [-0.15, -0.1) is 0 Å². The van der Waals surface area contributed by atoms with Crippen LogP contribution in [0.2, 0.25) is 0 Å². The van der Waals surface area contributed by atoms with E-state index in [1.165, 1.54) is 17.8 Å². The Hall–Kier alpha value is -1.95. The van der Waals surface area contributed by atoms with E-state index in [9.17, 15) is 10.1 Å². The molecule has 2 rings (SSSR count). The molecule has 0 saturated carbocycles. The Morgan fingerprint density at radius 2 is 2.05 bits per heavy atom. The Labute approximate surface area is 125 Å². The monoisotopic (exact) mass is 335 g/mol. The van der Waals surface area contributed by atoms with Crippen molar-refractivity contribution in [1.82, 2.24) is 4.98 Å². The molecule has 0 aliphatic heterocycles. The van der Waals surface area contributed by atoms with Crippen LogP contribution >= 0.6 is 15.9 Å². The summed E-state index contributed by atoms with van der Waals surface area (Å²) in [7, 11) is 0. The summed E-state index contributed by atoms with van der Waals surface area (Å²) in [4.78, 5) is 14.2. The van der Waals surface area contributed by atoms with Crippen LogP contribution in [0.1, 0.15) is 12.0 Å². The molecule has 0 aliphatic carbocycles. The lowest BCUT2D eigenvalue weighted by atomic mass is 10.1. The van der Waals surface area contributed by atoms with Crippen molar-refractivity contribution in [1.29, 1.82) is 0 Å². The molecule has 1 N–H and O–H groups in total. The van der Waals surface area contributed by atoms with E-state index < -0.39 is 4.92 Å². The average Bonchev–Trinajstić information content (AvgIpc) is 2.46. The molecule has 6 heteroatoms. The minimum absolute atomic E-state index is 0.0216. The molecule has 104 valence electrons. The van der Waals surface area contributed by atoms with Gasteiger partial charge in [0.1, 0.15) is 12.0 Å². The molecule has 5 nitrogen and oxygen atoms in total. The first-order valence-corrected chi connectivity index (χ1v) is 7.04. The van der Waals surface area contributed by atoms with Gasteiger partial charge in [-0.2, -0.15) is 0 Å². The van der Waals surface area contributed by atoms with Gasteiger partial charge in [0, 0.05) is 12.6 Å². The highest BCUT2D eigenvalue weighted by Crippen LogP contribution is 2.24. The second-order valence-corrected chi connectivity index (χ2v) is 5.15. The predicted octanol–water partition coefficient (Wildman–Crippen LogP) is 3.80. The highest BCUT2D eigenvalue weighted by molar-refractivity contribution is 9.10. The van der Waals surface area contributed by atoms with Crippen molar-refractivity contribution < 1.29 is 4.92 Å². The Morgan fingerprint density at radius 1 is 1.30 bits per heavy atom. The quantitative estimate of drug-likeness (QED) is 0.495. The Bertz CT molecular complexity index is 590. The van der Waals surface area contributed by atoms with Crippen LogP contribution in [-0.2, 0) is 6.42 Å². The number of nitrogens with zero attached hydrogens (tertiary/aromatic N) is 2. The smallest absolute Gasteiger partial charge is 0.288 e. The summed E-state index contributed by atoms with van der Waals surface area (Å²) in [5, 5.41) is 13.8. The van der Waals surface area contributed by atoms with E-state index in [0.717, 1.165) is 19.4 Å². The van der Waals surface area contributed by atoms with Crippen molar-refractivity contribution in [2.75, 3.05) is 11.9 Å². The predicted molar refractivity (Wildman–Crippen MR) is 81.8 cm³/mol. The number of nitrogens with one attached hydrogen (secondary N) is 1. The van der Waals surface area contributed by atoms with Crippen LogP contribution in [0.15, 0.2) is 47.1 Å². The molecule has 0 fully saturated rings. The lowest BCUT2D eigenvalue weighted by molar-refractivity contribution is -0.385. The van der Waals surface area contributed by atoms with Crippen LogP contribution in [0.5, 0.6) is 0 Å². The Kier molecular flexibility index (Phi) is 5.06. The van der Waals surface area contributed by atoms with Crippen LogP contribution < -0.4 is 5.32 Å². The highest BCUT2D eigenvalue weighted by Gasteiger charge is 2.09. The topological polar surface area (TPSA) is 68.1 Å². The minimum Gasteiger partial charge on any atom is -0.369 e. The second-order valence-electron chi connectivity index (χ2n) is 4.30. The first-order chi connectivity index (χ1) is 9.66. The number of hydrogen-bond donors (Lipinski definition) is 1. The van der Waals surface area contributed by atoms with Crippen LogP contribution in [0.4, 0.5) is 11.5 Å². The Morgan fingerprint density at radius 3 is 2.70 bits per heavy atom. The highest BCUT2D eigenvalue weighted by atomic mass is 79.9. The first kappa shape index (κ1) is 14.5. The third-order valence-electron chi connectivity index (χ3n) is 2.82. The van der Waals surface area contributed by atoms with Crippen molar-refractivity contribution in [3.63, 3.8) is 0 Å². The molecular formula is C14H14BrN3O2. The van der Waals surface area contributed by atoms with Gasteiger partial charge < -0.3 is 5.32 Å². The number of aromatic nitrogens is 1. The summed E-state index contributed by atoms with van der Waals surface area (Å²) in [6, 6.07) is 11.7.